The zero-order chi connectivity index (χ0) is 18.8. The summed E-state index contributed by atoms with van der Waals surface area (Å²) in [6, 6.07) is 13.1. The van der Waals surface area contributed by atoms with Gasteiger partial charge in [0.05, 0.1) is 12.8 Å². The van der Waals surface area contributed by atoms with Gasteiger partial charge in [-0.1, -0.05) is 23.2 Å². The monoisotopic (exact) mass is 433 g/mol. The van der Waals surface area contributed by atoms with Gasteiger partial charge >= 0.3 is 0 Å². The number of rotatable bonds is 5. The Morgan fingerprint density at radius 2 is 2.00 bits per heavy atom. The van der Waals surface area contributed by atoms with Crippen molar-refractivity contribution in [3.8, 4) is 17.5 Å². The van der Waals surface area contributed by atoms with Gasteiger partial charge in [-0.3, -0.25) is 4.57 Å². The lowest BCUT2D eigenvalue weighted by molar-refractivity contribution is 0.485. The summed E-state index contributed by atoms with van der Waals surface area (Å²) in [5.74, 6) is 1.43. The number of nitrogens with zero attached hydrogens (tertiary/aromatic N) is 5. The van der Waals surface area contributed by atoms with Gasteiger partial charge in [-0.25, -0.2) is 0 Å². The second-order valence-electron chi connectivity index (χ2n) is 5.33. The fraction of sp³-hybridized carbons (Fsp3) is 0.0588. The van der Waals surface area contributed by atoms with Crippen molar-refractivity contribution in [2.45, 2.75) is 15.9 Å². The molecule has 0 unspecified atom stereocenters. The highest BCUT2D eigenvalue weighted by molar-refractivity contribution is 8.01. The molecule has 134 valence electrons. The molecule has 27 heavy (non-hydrogen) atoms. The maximum absolute atomic E-state index is 9.30. The van der Waals surface area contributed by atoms with Crippen LogP contribution in [0.2, 0.25) is 10.2 Å². The van der Waals surface area contributed by atoms with Gasteiger partial charge in [0.1, 0.15) is 21.6 Å². The molecule has 0 N–H and O–H groups in total. The molecule has 4 rings (SSSR count). The Morgan fingerprint density at radius 3 is 2.70 bits per heavy atom. The van der Waals surface area contributed by atoms with Gasteiger partial charge in [0, 0.05) is 10.6 Å². The molecule has 0 saturated carbocycles. The van der Waals surface area contributed by atoms with E-state index in [2.05, 4.69) is 20.6 Å². The molecule has 0 aliphatic heterocycles. The van der Waals surface area contributed by atoms with Crippen LogP contribution in [0.15, 0.2) is 56.4 Å². The van der Waals surface area contributed by atoms with Crippen molar-refractivity contribution in [3.05, 3.63) is 64.2 Å². The number of halogens is 2. The molecule has 0 atom stereocenters. The number of furan rings is 1. The van der Waals surface area contributed by atoms with E-state index in [4.69, 9.17) is 27.6 Å². The van der Waals surface area contributed by atoms with Crippen LogP contribution in [0, 0.1) is 11.3 Å². The SMILES string of the molecule is N#Cc1c(Cl)nsc1Sc1nnc(-c2ccc(Cl)cc2)n1Cc1ccco1. The fourth-order valence-corrected chi connectivity index (χ4v) is 4.58. The topological polar surface area (TPSA) is 80.5 Å². The summed E-state index contributed by atoms with van der Waals surface area (Å²) >= 11 is 14.4. The average Bonchev–Trinajstić information content (AvgIpc) is 3.39. The van der Waals surface area contributed by atoms with E-state index in [1.165, 1.54) is 11.8 Å². The molecule has 0 fully saturated rings. The van der Waals surface area contributed by atoms with E-state index in [1.54, 1.807) is 18.4 Å². The Morgan fingerprint density at radius 1 is 1.19 bits per heavy atom. The number of benzene rings is 1. The third-order valence-electron chi connectivity index (χ3n) is 3.63. The van der Waals surface area contributed by atoms with Crippen molar-refractivity contribution in [1.29, 1.82) is 5.26 Å². The minimum Gasteiger partial charge on any atom is -0.467 e. The van der Waals surface area contributed by atoms with Crippen LogP contribution >= 0.6 is 46.5 Å². The zero-order valence-electron chi connectivity index (χ0n) is 13.5. The standard InChI is InChI=1S/C17H9Cl2N5OS2/c18-11-5-3-10(4-6-11)15-21-22-17(24(15)9-12-2-1-7-25-12)26-16-13(8-20)14(19)23-27-16/h1-7H,9H2. The van der Waals surface area contributed by atoms with E-state index < -0.39 is 0 Å². The van der Waals surface area contributed by atoms with Gasteiger partial charge in [0.15, 0.2) is 16.1 Å². The second kappa shape index (κ2) is 7.74. The lowest BCUT2D eigenvalue weighted by Crippen LogP contribution is -2.03. The second-order valence-corrected chi connectivity index (χ2v) is 8.13. The normalized spacial score (nSPS) is 10.9. The molecule has 6 nitrogen and oxygen atoms in total. The first-order valence-electron chi connectivity index (χ1n) is 7.60. The summed E-state index contributed by atoms with van der Waals surface area (Å²) in [5, 5.41) is 19.4. The van der Waals surface area contributed by atoms with E-state index >= 15 is 0 Å². The van der Waals surface area contributed by atoms with Crippen molar-refractivity contribution in [2.75, 3.05) is 0 Å². The van der Waals surface area contributed by atoms with E-state index in [0.29, 0.717) is 32.3 Å². The highest BCUT2D eigenvalue weighted by Gasteiger charge is 2.20. The van der Waals surface area contributed by atoms with E-state index in [0.717, 1.165) is 22.9 Å². The first-order valence-corrected chi connectivity index (χ1v) is 9.95. The minimum absolute atomic E-state index is 0.194. The van der Waals surface area contributed by atoms with Crippen LogP contribution in [0.4, 0.5) is 0 Å². The van der Waals surface area contributed by atoms with Crippen LogP contribution in [-0.4, -0.2) is 19.1 Å². The van der Waals surface area contributed by atoms with E-state index in [-0.39, 0.29) is 5.15 Å². The molecule has 0 spiro atoms. The van der Waals surface area contributed by atoms with Gasteiger partial charge < -0.3 is 4.42 Å². The maximum atomic E-state index is 9.30. The van der Waals surface area contributed by atoms with Crippen LogP contribution in [0.25, 0.3) is 11.4 Å². The Kier molecular flexibility index (Phi) is 5.18. The smallest absolute Gasteiger partial charge is 0.197 e. The third-order valence-corrected chi connectivity index (χ3v) is 6.25. The molecule has 0 amide bonds. The lowest BCUT2D eigenvalue weighted by atomic mass is 10.2. The zero-order valence-corrected chi connectivity index (χ0v) is 16.6. The van der Waals surface area contributed by atoms with E-state index in [1.807, 2.05) is 28.8 Å². The highest BCUT2D eigenvalue weighted by atomic mass is 35.5. The molecule has 1 aromatic carbocycles. The number of nitriles is 1. The Balaban J connectivity index is 1.77. The highest BCUT2D eigenvalue weighted by Crippen LogP contribution is 2.37. The van der Waals surface area contributed by atoms with Crippen LogP contribution in [0.1, 0.15) is 11.3 Å². The first kappa shape index (κ1) is 18.1. The average molecular weight is 434 g/mol. The van der Waals surface area contributed by atoms with Gasteiger partial charge in [-0.15, -0.1) is 10.2 Å². The summed E-state index contributed by atoms with van der Waals surface area (Å²) in [5.41, 5.74) is 1.21. The Bertz CT molecular complexity index is 1110. The summed E-state index contributed by atoms with van der Waals surface area (Å²) in [6.07, 6.45) is 1.62. The number of hydrogen-bond donors (Lipinski definition) is 0. The van der Waals surface area contributed by atoms with Gasteiger partial charge in [-0.05, 0) is 59.7 Å². The molecule has 3 aromatic heterocycles. The predicted octanol–water partition coefficient (Wildman–Crippen LogP) is 5.37. The van der Waals surface area contributed by atoms with Crippen LogP contribution in [-0.2, 0) is 6.54 Å². The Hall–Kier alpha value is -2.31. The largest absolute Gasteiger partial charge is 0.467 e. The van der Waals surface area contributed by atoms with Crippen LogP contribution in [0.3, 0.4) is 0 Å². The summed E-state index contributed by atoms with van der Waals surface area (Å²) in [4.78, 5) is 0. The van der Waals surface area contributed by atoms with Gasteiger partial charge in [0.2, 0.25) is 0 Å². The maximum Gasteiger partial charge on any atom is 0.197 e. The summed E-state index contributed by atoms with van der Waals surface area (Å²) in [7, 11) is 0. The van der Waals surface area contributed by atoms with Crippen molar-refractivity contribution in [2.24, 2.45) is 0 Å². The van der Waals surface area contributed by atoms with Gasteiger partial charge in [-0.2, -0.15) is 9.64 Å². The fourth-order valence-electron chi connectivity index (χ4n) is 2.38. The molecule has 10 heteroatoms. The lowest BCUT2D eigenvalue weighted by Gasteiger charge is -2.08. The number of aromatic nitrogens is 4. The van der Waals surface area contributed by atoms with Crippen LogP contribution in [0.5, 0.6) is 0 Å². The molecule has 0 bridgehead atoms. The molecule has 0 aliphatic rings. The van der Waals surface area contributed by atoms with Crippen LogP contribution < -0.4 is 0 Å². The minimum atomic E-state index is 0.194. The van der Waals surface area contributed by atoms with E-state index in [9.17, 15) is 5.26 Å². The van der Waals surface area contributed by atoms with Crippen molar-refractivity contribution >= 4 is 46.5 Å². The van der Waals surface area contributed by atoms with Crippen molar-refractivity contribution in [1.82, 2.24) is 19.1 Å². The van der Waals surface area contributed by atoms with Crippen molar-refractivity contribution < 1.29 is 4.42 Å². The summed E-state index contributed by atoms with van der Waals surface area (Å²) < 4.78 is 12.1. The molecular weight excluding hydrogens is 425 g/mol. The predicted molar refractivity (Wildman–Crippen MR) is 104 cm³/mol. The number of hydrogen-bond acceptors (Lipinski definition) is 7. The molecular formula is C17H9Cl2N5OS2. The first-order chi connectivity index (χ1) is 13.2. The molecule has 0 radical (unpaired) electrons. The van der Waals surface area contributed by atoms with Crippen molar-refractivity contribution in [3.63, 3.8) is 0 Å². The molecule has 0 saturated heterocycles. The van der Waals surface area contributed by atoms with Gasteiger partial charge in [0.25, 0.3) is 0 Å². The Labute approximate surface area is 172 Å². The molecule has 4 aromatic rings. The third kappa shape index (κ3) is 3.73. The quantitative estimate of drug-likeness (QED) is 0.420. The molecule has 0 aliphatic carbocycles. The summed E-state index contributed by atoms with van der Waals surface area (Å²) in [6.45, 7) is 0.439. The molecule has 3 heterocycles.